The number of hydrogen-bond acceptors (Lipinski definition) is 5. The largest absolute Gasteiger partial charge is 0.355 e. The molecule has 0 spiro atoms. The van der Waals surface area contributed by atoms with Crippen LogP contribution in [0, 0.1) is 20.8 Å². The molecule has 65 heavy (non-hydrogen) atoms. The number of nitrogens with one attached hydrogen (secondary N) is 1. The monoisotopic (exact) mass is 878 g/mol. The maximum atomic E-state index is 3.95. The molecule has 2 heterocycles. The summed E-state index contributed by atoms with van der Waals surface area (Å²) in [5, 5.41) is 3.95. The zero-order valence-electron chi connectivity index (χ0n) is 38.3. The Bertz CT molecular complexity index is 3120. The Hall–Kier alpha value is -6.08. The fourth-order valence-electron chi connectivity index (χ4n) is 10.2. The maximum Gasteiger partial charge on any atom is 0.197 e. The van der Waals surface area contributed by atoms with E-state index in [2.05, 4.69) is 235 Å². The lowest BCUT2D eigenvalue weighted by Crippen LogP contribution is -2.42. The van der Waals surface area contributed by atoms with Crippen molar-refractivity contribution >= 4 is 87.2 Å². The lowest BCUT2D eigenvalue weighted by Gasteiger charge is -2.44. The first-order valence-electron chi connectivity index (χ1n) is 22.9. The molecule has 1 N–H and O–H groups in total. The minimum absolute atomic E-state index is 0.0368. The van der Waals surface area contributed by atoms with Crippen LogP contribution in [0.25, 0.3) is 11.1 Å². The summed E-state index contributed by atoms with van der Waals surface area (Å²) in [6.45, 7) is 16.5. The highest BCUT2D eigenvalue weighted by atomic mass is 32.2. The van der Waals surface area contributed by atoms with Crippen molar-refractivity contribution in [1.82, 2.24) is 0 Å². The summed E-state index contributed by atoms with van der Waals surface area (Å²) >= 11 is 3.78. The van der Waals surface area contributed by atoms with Gasteiger partial charge in [-0.3, -0.25) is 0 Å². The number of anilines is 8. The fraction of sp³-hybridized carbons (Fsp3) is 0.186. The highest BCUT2D eigenvalue weighted by Gasteiger charge is 2.39. The van der Waals surface area contributed by atoms with Crippen molar-refractivity contribution in [1.29, 1.82) is 0 Å². The van der Waals surface area contributed by atoms with Gasteiger partial charge in [0.05, 0.1) is 0 Å². The molecule has 3 aliphatic rings. The van der Waals surface area contributed by atoms with Crippen molar-refractivity contribution in [2.75, 3.05) is 15.1 Å². The summed E-state index contributed by atoms with van der Waals surface area (Å²) in [6, 6.07) is 60.7. The summed E-state index contributed by atoms with van der Waals surface area (Å²) < 4.78 is 0. The first-order chi connectivity index (χ1) is 31.4. The molecule has 0 bridgehead atoms. The molecule has 0 saturated carbocycles. The van der Waals surface area contributed by atoms with Crippen LogP contribution in [0.15, 0.2) is 183 Å². The predicted octanol–water partition coefficient (Wildman–Crippen LogP) is 15.9. The fourth-order valence-corrected chi connectivity index (χ4v) is 12.5. The molecule has 0 atom stereocenters. The molecule has 319 valence electrons. The number of rotatable bonds is 7. The number of nitrogens with zero attached hydrogens (tertiary/aromatic N) is 2. The first-order valence-corrected chi connectivity index (χ1v) is 24.5. The molecular formula is C59H53BN3S2. The number of hydrogen-bond donors (Lipinski definition) is 1. The molecule has 8 aromatic rings. The normalized spacial score (nSPS) is 15.1. The van der Waals surface area contributed by atoms with Crippen LogP contribution < -0.4 is 26.0 Å². The Kier molecular flexibility index (Phi) is 10.3. The SMILES string of the molecule is Cc1ccccc1Nc1c(C)cccc1-c1cc(N(c2ccccc2)c2ccccc2)cc2c1[B]c1cc3c(cc1N2c1cc2c(cc1C)C(C)(C)CCC2(C)C)Sc1ccccc1S3. The van der Waals surface area contributed by atoms with E-state index in [0.717, 1.165) is 46.1 Å². The van der Waals surface area contributed by atoms with Crippen LogP contribution in [-0.2, 0) is 10.8 Å². The zero-order chi connectivity index (χ0) is 44.6. The van der Waals surface area contributed by atoms with Gasteiger partial charge in [-0.05, 0) is 150 Å². The van der Waals surface area contributed by atoms with Crippen molar-refractivity contribution < 1.29 is 0 Å². The van der Waals surface area contributed by atoms with Crippen molar-refractivity contribution in [3.05, 3.63) is 192 Å². The molecule has 0 amide bonds. The second-order valence-corrected chi connectivity index (χ2v) is 21.5. The minimum atomic E-state index is 0.0368. The van der Waals surface area contributed by atoms with Gasteiger partial charge in [0.15, 0.2) is 7.28 Å². The summed E-state index contributed by atoms with van der Waals surface area (Å²) in [5.41, 5.74) is 20.6. The Labute approximate surface area is 394 Å². The van der Waals surface area contributed by atoms with Gasteiger partial charge in [0, 0.05) is 70.6 Å². The smallest absolute Gasteiger partial charge is 0.197 e. The van der Waals surface area contributed by atoms with Gasteiger partial charge >= 0.3 is 0 Å². The van der Waals surface area contributed by atoms with Crippen LogP contribution in [0.4, 0.5) is 45.5 Å². The molecule has 0 aromatic heterocycles. The van der Waals surface area contributed by atoms with E-state index >= 15 is 0 Å². The molecule has 0 saturated heterocycles. The summed E-state index contributed by atoms with van der Waals surface area (Å²) in [6.07, 6.45) is 2.33. The van der Waals surface area contributed by atoms with Gasteiger partial charge in [-0.1, -0.05) is 154 Å². The average Bonchev–Trinajstić information content (AvgIpc) is 3.30. The summed E-state index contributed by atoms with van der Waals surface area (Å²) in [7, 11) is 2.47. The second kappa shape index (κ2) is 16.1. The molecule has 1 radical (unpaired) electrons. The lowest BCUT2D eigenvalue weighted by molar-refractivity contribution is 0.332. The molecule has 2 aliphatic heterocycles. The van der Waals surface area contributed by atoms with Gasteiger partial charge in [0.1, 0.15) is 0 Å². The van der Waals surface area contributed by atoms with Gasteiger partial charge in [-0.25, -0.2) is 0 Å². The van der Waals surface area contributed by atoms with E-state index in [0.29, 0.717) is 0 Å². The quantitative estimate of drug-likeness (QED) is 0.160. The van der Waals surface area contributed by atoms with E-state index < -0.39 is 0 Å². The molecule has 0 unspecified atom stereocenters. The van der Waals surface area contributed by atoms with Crippen molar-refractivity contribution in [2.45, 2.75) is 91.7 Å². The molecule has 1 aliphatic carbocycles. The third-order valence-corrected chi connectivity index (χ3v) is 16.5. The van der Waals surface area contributed by atoms with Gasteiger partial charge < -0.3 is 15.1 Å². The predicted molar refractivity (Wildman–Crippen MR) is 280 cm³/mol. The average molecular weight is 879 g/mol. The van der Waals surface area contributed by atoms with Crippen LogP contribution >= 0.6 is 23.5 Å². The van der Waals surface area contributed by atoms with E-state index in [1.54, 1.807) is 0 Å². The van der Waals surface area contributed by atoms with Crippen LogP contribution in [0.3, 0.4) is 0 Å². The number of para-hydroxylation sites is 4. The van der Waals surface area contributed by atoms with Gasteiger partial charge in [0.25, 0.3) is 0 Å². The third-order valence-electron chi connectivity index (χ3n) is 14.0. The van der Waals surface area contributed by atoms with Crippen LogP contribution in [0.1, 0.15) is 68.4 Å². The van der Waals surface area contributed by atoms with Crippen LogP contribution in [0.5, 0.6) is 0 Å². The van der Waals surface area contributed by atoms with Crippen LogP contribution in [0.2, 0.25) is 0 Å². The Morgan fingerprint density at radius 1 is 0.492 bits per heavy atom. The van der Waals surface area contributed by atoms with Crippen molar-refractivity contribution in [2.24, 2.45) is 0 Å². The second-order valence-electron chi connectivity index (χ2n) is 19.3. The molecule has 6 heteroatoms. The topological polar surface area (TPSA) is 18.5 Å². The minimum Gasteiger partial charge on any atom is -0.355 e. The summed E-state index contributed by atoms with van der Waals surface area (Å²) in [5.74, 6) is 0. The molecule has 11 rings (SSSR count). The number of aryl methyl sites for hydroxylation is 3. The lowest BCUT2D eigenvalue weighted by atomic mass is 9.58. The van der Waals surface area contributed by atoms with Gasteiger partial charge in [-0.15, -0.1) is 0 Å². The molecular weight excluding hydrogens is 826 g/mol. The van der Waals surface area contributed by atoms with Crippen molar-refractivity contribution in [3.63, 3.8) is 0 Å². The van der Waals surface area contributed by atoms with Crippen LogP contribution in [-0.4, -0.2) is 7.28 Å². The van der Waals surface area contributed by atoms with E-state index in [1.807, 2.05) is 23.5 Å². The molecule has 0 fully saturated rings. The highest BCUT2D eigenvalue weighted by Crippen LogP contribution is 2.54. The van der Waals surface area contributed by atoms with E-state index in [4.69, 9.17) is 0 Å². The Balaban J connectivity index is 1.23. The summed E-state index contributed by atoms with van der Waals surface area (Å²) in [4.78, 5) is 10.3. The van der Waals surface area contributed by atoms with E-state index in [-0.39, 0.29) is 10.8 Å². The Morgan fingerprint density at radius 2 is 1.08 bits per heavy atom. The molecule has 8 aromatic carbocycles. The molecule has 3 nitrogen and oxygen atoms in total. The Morgan fingerprint density at radius 3 is 1.74 bits per heavy atom. The van der Waals surface area contributed by atoms with Gasteiger partial charge in [-0.2, -0.15) is 0 Å². The van der Waals surface area contributed by atoms with Gasteiger partial charge in [0.2, 0.25) is 0 Å². The first kappa shape index (κ1) is 41.6. The number of fused-ring (bicyclic) bond motifs is 5. The number of benzene rings is 8. The third kappa shape index (κ3) is 7.36. The standard InChI is InChI=1S/C59H53BN3S2/c1-37-19-14-15-26-48(37)61-57-38(2)20-18-25-43(57)44-32-42(62(40-21-10-8-11-22-40)41-23-12-9-13-24-41)33-51-56(44)60-47-35-54-55(65-53-28-17-16-27-52(53)64-54)36-50(47)63(51)49-34-46-45(31-39(49)3)58(4,5)29-30-59(46,6)7/h8-28,31-36,61H,29-30H2,1-7H3. The zero-order valence-corrected chi connectivity index (χ0v) is 39.9. The van der Waals surface area contributed by atoms with Crippen molar-refractivity contribution in [3.8, 4) is 11.1 Å². The van der Waals surface area contributed by atoms with E-state index in [9.17, 15) is 0 Å². The maximum absolute atomic E-state index is 3.95. The van der Waals surface area contributed by atoms with E-state index in [1.165, 1.54) is 81.7 Å². The highest BCUT2D eigenvalue weighted by molar-refractivity contribution is 8.05.